The van der Waals surface area contributed by atoms with Gasteiger partial charge in [0, 0.05) is 18.0 Å². The Bertz CT molecular complexity index is 852. The lowest BCUT2D eigenvalue weighted by Crippen LogP contribution is -2.05. The van der Waals surface area contributed by atoms with E-state index in [0.29, 0.717) is 23.9 Å². The van der Waals surface area contributed by atoms with Crippen LogP contribution in [0.4, 0.5) is 5.82 Å². The third kappa shape index (κ3) is 3.09. The molecule has 0 saturated heterocycles. The molecule has 1 aromatic heterocycles. The van der Waals surface area contributed by atoms with Crippen LogP contribution in [0.5, 0.6) is 11.5 Å². The van der Waals surface area contributed by atoms with Gasteiger partial charge in [0.25, 0.3) is 0 Å². The van der Waals surface area contributed by atoms with Crippen LogP contribution in [0.15, 0.2) is 42.7 Å². The summed E-state index contributed by atoms with van der Waals surface area (Å²) in [7, 11) is 3.19. The summed E-state index contributed by atoms with van der Waals surface area (Å²) in [5, 5.41) is 13.6. The summed E-state index contributed by atoms with van der Waals surface area (Å²) in [5.41, 5.74) is 2.68. The highest BCUT2D eigenvalue weighted by Gasteiger charge is 2.11. The van der Waals surface area contributed by atoms with Gasteiger partial charge in [0.15, 0.2) is 11.5 Å². The van der Waals surface area contributed by atoms with Crippen LogP contribution in [0.3, 0.4) is 0 Å². The Morgan fingerprint density at radius 2 is 1.71 bits per heavy atom. The van der Waals surface area contributed by atoms with Crippen molar-refractivity contribution in [1.29, 1.82) is 0 Å². The first-order valence-corrected chi connectivity index (χ1v) is 7.55. The summed E-state index contributed by atoms with van der Waals surface area (Å²) in [6, 6.07) is 11.4. The number of rotatable bonds is 6. The average molecular weight is 325 g/mol. The summed E-state index contributed by atoms with van der Waals surface area (Å²) in [4.78, 5) is 8.62. The normalized spacial score (nSPS) is 10.6. The van der Waals surface area contributed by atoms with Gasteiger partial charge in [0.2, 0.25) is 0 Å². The lowest BCUT2D eigenvalue weighted by Gasteiger charge is -2.13. The quantitative estimate of drug-likeness (QED) is 0.726. The molecule has 0 fully saturated rings. The molecular weight excluding hydrogens is 306 g/mol. The van der Waals surface area contributed by atoms with Gasteiger partial charge in [-0.3, -0.25) is 0 Å². The number of ether oxygens (including phenoxy) is 2. The molecule has 0 amide bonds. The average Bonchev–Trinajstić information content (AvgIpc) is 2.65. The van der Waals surface area contributed by atoms with Gasteiger partial charge < -0.3 is 19.9 Å². The van der Waals surface area contributed by atoms with E-state index in [9.17, 15) is 5.11 Å². The van der Waals surface area contributed by atoms with E-state index in [1.165, 1.54) is 6.33 Å². The second kappa shape index (κ2) is 7.14. The molecule has 3 aromatic rings. The van der Waals surface area contributed by atoms with E-state index in [4.69, 9.17) is 9.47 Å². The Labute approximate surface area is 140 Å². The molecule has 2 aromatic carbocycles. The molecule has 0 aliphatic rings. The van der Waals surface area contributed by atoms with Gasteiger partial charge in [0.1, 0.15) is 12.1 Å². The summed E-state index contributed by atoms with van der Waals surface area (Å²) >= 11 is 0. The molecule has 0 aliphatic heterocycles. The zero-order valence-corrected chi connectivity index (χ0v) is 13.6. The lowest BCUT2D eigenvalue weighted by molar-refractivity contribution is 0.280. The van der Waals surface area contributed by atoms with Crippen molar-refractivity contribution in [3.05, 3.63) is 53.9 Å². The number of hydrogen-bond acceptors (Lipinski definition) is 6. The number of nitrogens with zero attached hydrogens (tertiary/aromatic N) is 2. The topological polar surface area (TPSA) is 76.5 Å². The first kappa shape index (κ1) is 16.0. The number of nitrogens with one attached hydrogen (secondary N) is 1. The maximum Gasteiger partial charge on any atom is 0.162 e. The van der Waals surface area contributed by atoms with E-state index in [-0.39, 0.29) is 6.61 Å². The number of benzene rings is 2. The molecule has 124 valence electrons. The molecule has 0 aliphatic carbocycles. The number of aromatic nitrogens is 2. The van der Waals surface area contributed by atoms with E-state index >= 15 is 0 Å². The van der Waals surface area contributed by atoms with Crippen molar-refractivity contribution in [2.75, 3.05) is 19.5 Å². The molecule has 2 N–H and O–H groups in total. The van der Waals surface area contributed by atoms with Gasteiger partial charge in [0.05, 0.1) is 26.3 Å². The Morgan fingerprint density at radius 1 is 1.00 bits per heavy atom. The number of hydrogen-bond donors (Lipinski definition) is 2. The number of methoxy groups -OCH3 is 2. The molecule has 0 bridgehead atoms. The van der Waals surface area contributed by atoms with Crippen molar-refractivity contribution in [1.82, 2.24) is 9.97 Å². The number of aliphatic hydroxyl groups is 1. The maximum atomic E-state index is 9.43. The predicted octanol–water partition coefficient (Wildman–Crippen LogP) is 2.75. The zero-order valence-electron chi connectivity index (χ0n) is 13.6. The standard InChI is InChI=1S/C18H19N3O3/c1-23-16-7-14-15(8-17(16)24-2)20-11-21-18(14)19-9-12-5-3-4-6-13(12)10-22/h3-8,11,22H,9-10H2,1-2H3,(H,19,20,21). The molecule has 1 heterocycles. The fraction of sp³-hybridized carbons (Fsp3) is 0.222. The predicted molar refractivity (Wildman–Crippen MR) is 92.3 cm³/mol. The van der Waals surface area contributed by atoms with Crippen molar-refractivity contribution in [2.24, 2.45) is 0 Å². The molecule has 0 spiro atoms. The minimum absolute atomic E-state index is 0.00734. The minimum Gasteiger partial charge on any atom is -0.493 e. The highest BCUT2D eigenvalue weighted by Crippen LogP contribution is 2.33. The largest absolute Gasteiger partial charge is 0.493 e. The Hall–Kier alpha value is -2.86. The summed E-state index contributed by atoms with van der Waals surface area (Å²) in [5.74, 6) is 1.95. The van der Waals surface area contributed by atoms with Gasteiger partial charge in [-0.05, 0) is 17.2 Å². The van der Waals surface area contributed by atoms with Gasteiger partial charge in [-0.25, -0.2) is 9.97 Å². The third-order valence-electron chi connectivity index (χ3n) is 3.88. The Kier molecular flexibility index (Phi) is 4.77. The van der Waals surface area contributed by atoms with Gasteiger partial charge in [-0.15, -0.1) is 0 Å². The highest BCUT2D eigenvalue weighted by molar-refractivity contribution is 5.91. The van der Waals surface area contributed by atoms with Crippen molar-refractivity contribution in [3.63, 3.8) is 0 Å². The number of aliphatic hydroxyl groups excluding tert-OH is 1. The number of anilines is 1. The lowest BCUT2D eigenvalue weighted by atomic mass is 10.1. The fourth-order valence-corrected chi connectivity index (χ4v) is 2.59. The van der Waals surface area contributed by atoms with Crippen LogP contribution in [-0.4, -0.2) is 29.3 Å². The van der Waals surface area contributed by atoms with Gasteiger partial charge in [-0.2, -0.15) is 0 Å². The van der Waals surface area contributed by atoms with Gasteiger partial charge in [-0.1, -0.05) is 24.3 Å². The zero-order chi connectivity index (χ0) is 16.9. The third-order valence-corrected chi connectivity index (χ3v) is 3.88. The van der Waals surface area contributed by atoms with Crippen LogP contribution in [0.2, 0.25) is 0 Å². The van der Waals surface area contributed by atoms with Crippen LogP contribution in [0.25, 0.3) is 10.9 Å². The molecular formula is C18H19N3O3. The molecule has 3 rings (SSSR count). The van der Waals surface area contributed by atoms with E-state index < -0.39 is 0 Å². The molecule has 0 radical (unpaired) electrons. The molecule has 0 unspecified atom stereocenters. The van der Waals surface area contributed by atoms with Crippen molar-refractivity contribution >= 4 is 16.7 Å². The van der Waals surface area contributed by atoms with E-state index in [1.807, 2.05) is 36.4 Å². The Balaban J connectivity index is 1.94. The number of fused-ring (bicyclic) bond motifs is 1. The SMILES string of the molecule is COc1cc2ncnc(NCc3ccccc3CO)c2cc1OC. The summed E-state index contributed by atoms with van der Waals surface area (Å²) < 4.78 is 10.7. The first-order valence-electron chi connectivity index (χ1n) is 7.55. The van der Waals surface area contributed by atoms with E-state index in [0.717, 1.165) is 22.0 Å². The maximum absolute atomic E-state index is 9.43. The molecule has 24 heavy (non-hydrogen) atoms. The van der Waals surface area contributed by atoms with Gasteiger partial charge >= 0.3 is 0 Å². The molecule has 0 saturated carbocycles. The first-order chi connectivity index (χ1) is 11.8. The van der Waals surface area contributed by atoms with E-state index in [1.54, 1.807) is 14.2 Å². The van der Waals surface area contributed by atoms with Crippen LogP contribution in [0.1, 0.15) is 11.1 Å². The van der Waals surface area contributed by atoms with Crippen molar-refractivity contribution in [2.45, 2.75) is 13.2 Å². The smallest absolute Gasteiger partial charge is 0.162 e. The minimum atomic E-state index is 0.00734. The molecule has 6 nitrogen and oxygen atoms in total. The molecule has 6 heteroatoms. The van der Waals surface area contributed by atoms with Crippen LogP contribution >= 0.6 is 0 Å². The molecule has 0 atom stereocenters. The monoisotopic (exact) mass is 325 g/mol. The van der Waals surface area contributed by atoms with Crippen molar-refractivity contribution in [3.8, 4) is 11.5 Å². The Morgan fingerprint density at radius 3 is 2.42 bits per heavy atom. The van der Waals surface area contributed by atoms with Crippen molar-refractivity contribution < 1.29 is 14.6 Å². The van der Waals surface area contributed by atoms with Crippen LogP contribution in [-0.2, 0) is 13.2 Å². The van der Waals surface area contributed by atoms with Crippen LogP contribution < -0.4 is 14.8 Å². The summed E-state index contributed by atoms with van der Waals surface area (Å²) in [6.07, 6.45) is 1.51. The second-order valence-electron chi connectivity index (χ2n) is 5.23. The summed E-state index contributed by atoms with van der Waals surface area (Å²) in [6.45, 7) is 0.560. The van der Waals surface area contributed by atoms with E-state index in [2.05, 4.69) is 15.3 Å². The fourth-order valence-electron chi connectivity index (χ4n) is 2.59. The highest BCUT2D eigenvalue weighted by atomic mass is 16.5. The second-order valence-corrected chi connectivity index (χ2v) is 5.23. The van der Waals surface area contributed by atoms with Crippen LogP contribution in [0, 0.1) is 0 Å².